The van der Waals surface area contributed by atoms with Gasteiger partial charge < -0.3 is 9.84 Å². The smallest absolute Gasteiger partial charge is 0.339 e. The lowest BCUT2D eigenvalue weighted by Gasteiger charge is -2.25. The Labute approximate surface area is 130 Å². The summed E-state index contributed by atoms with van der Waals surface area (Å²) in [6.45, 7) is 5.75. The summed E-state index contributed by atoms with van der Waals surface area (Å²) in [4.78, 5) is 23.5. The molecule has 0 saturated heterocycles. The first kappa shape index (κ1) is 17.5. The first-order valence-electron chi connectivity index (χ1n) is 7.03. The van der Waals surface area contributed by atoms with Crippen molar-refractivity contribution in [3.63, 3.8) is 0 Å². The van der Waals surface area contributed by atoms with Crippen molar-refractivity contribution in [1.82, 2.24) is 0 Å². The second-order valence-electron chi connectivity index (χ2n) is 5.57. The number of benzene rings is 1. The minimum Gasteiger partial charge on any atom is -0.478 e. The van der Waals surface area contributed by atoms with E-state index in [0.717, 1.165) is 25.7 Å². The zero-order chi connectivity index (χ0) is 16.0. The van der Waals surface area contributed by atoms with Crippen LogP contribution in [0.1, 0.15) is 67.2 Å². The highest BCUT2D eigenvalue weighted by atomic mass is 35.5. The molecular weight excluding hydrogens is 292 g/mol. The van der Waals surface area contributed by atoms with Gasteiger partial charge in [0, 0.05) is 0 Å². The molecule has 0 amide bonds. The van der Waals surface area contributed by atoms with Crippen LogP contribution in [0.3, 0.4) is 0 Å². The minimum atomic E-state index is -1.24. The molecule has 0 fully saturated rings. The molecule has 0 aliphatic heterocycles. The molecule has 0 aliphatic rings. The standard InChI is InChI=1S/C16H21ClO4/c1-4-5-6-10-16(2,3)21-15(20)11-8-7-9-12(17)13(11)14(18)19/h7-9H,4-6,10H2,1-3H3,(H,18,19). The Morgan fingerprint density at radius 3 is 2.52 bits per heavy atom. The minimum absolute atomic E-state index is 0.0152. The summed E-state index contributed by atoms with van der Waals surface area (Å²) in [5.74, 6) is -1.90. The molecule has 0 aliphatic carbocycles. The number of carbonyl (C=O) groups is 2. The summed E-state index contributed by atoms with van der Waals surface area (Å²) in [7, 11) is 0. The normalized spacial score (nSPS) is 11.2. The summed E-state index contributed by atoms with van der Waals surface area (Å²) >= 11 is 5.85. The molecule has 21 heavy (non-hydrogen) atoms. The van der Waals surface area contributed by atoms with Gasteiger partial charge in [-0.25, -0.2) is 9.59 Å². The molecular formula is C16H21ClO4. The second-order valence-corrected chi connectivity index (χ2v) is 5.98. The predicted molar refractivity (Wildman–Crippen MR) is 82.0 cm³/mol. The van der Waals surface area contributed by atoms with Crippen LogP contribution in [0, 0.1) is 0 Å². The first-order valence-corrected chi connectivity index (χ1v) is 7.41. The maximum absolute atomic E-state index is 12.2. The van der Waals surface area contributed by atoms with Crippen molar-refractivity contribution in [2.75, 3.05) is 0 Å². The van der Waals surface area contributed by atoms with E-state index in [0.29, 0.717) is 0 Å². The third-order valence-corrected chi connectivity index (χ3v) is 3.51. The van der Waals surface area contributed by atoms with Crippen molar-refractivity contribution in [1.29, 1.82) is 0 Å². The topological polar surface area (TPSA) is 63.6 Å². The summed E-state index contributed by atoms with van der Waals surface area (Å²) in [5, 5.41) is 9.20. The number of carbonyl (C=O) groups excluding carboxylic acids is 1. The van der Waals surface area contributed by atoms with E-state index in [1.54, 1.807) is 0 Å². The number of carboxylic acid groups (broad SMARTS) is 1. The molecule has 0 aromatic heterocycles. The van der Waals surface area contributed by atoms with Gasteiger partial charge in [-0.3, -0.25) is 0 Å². The fourth-order valence-corrected chi connectivity index (χ4v) is 2.32. The van der Waals surface area contributed by atoms with Gasteiger partial charge >= 0.3 is 11.9 Å². The number of aromatic carboxylic acids is 1. The molecule has 0 spiro atoms. The zero-order valence-corrected chi connectivity index (χ0v) is 13.4. The molecule has 0 unspecified atom stereocenters. The van der Waals surface area contributed by atoms with Crippen LogP contribution >= 0.6 is 11.6 Å². The maximum atomic E-state index is 12.2. The highest BCUT2D eigenvalue weighted by molar-refractivity contribution is 6.34. The van der Waals surface area contributed by atoms with Crippen molar-refractivity contribution in [3.05, 3.63) is 34.3 Å². The average molecular weight is 313 g/mol. The van der Waals surface area contributed by atoms with Crippen molar-refractivity contribution >= 4 is 23.5 Å². The number of halogens is 1. The lowest BCUT2D eigenvalue weighted by Crippen LogP contribution is -2.29. The molecule has 0 heterocycles. The van der Waals surface area contributed by atoms with Crippen LogP contribution in [0.5, 0.6) is 0 Å². The van der Waals surface area contributed by atoms with Crippen LogP contribution in [0.25, 0.3) is 0 Å². The predicted octanol–water partition coefficient (Wildman–Crippen LogP) is 4.55. The second kappa shape index (κ2) is 7.46. The molecule has 1 rings (SSSR count). The molecule has 116 valence electrons. The highest BCUT2D eigenvalue weighted by Gasteiger charge is 2.27. The highest BCUT2D eigenvalue weighted by Crippen LogP contribution is 2.25. The van der Waals surface area contributed by atoms with E-state index in [1.807, 2.05) is 13.8 Å². The van der Waals surface area contributed by atoms with Crippen molar-refractivity contribution < 1.29 is 19.4 Å². The Morgan fingerprint density at radius 2 is 1.95 bits per heavy atom. The average Bonchev–Trinajstić information content (AvgIpc) is 2.37. The fourth-order valence-electron chi connectivity index (χ4n) is 2.07. The van der Waals surface area contributed by atoms with Gasteiger partial charge in [-0.2, -0.15) is 0 Å². The van der Waals surface area contributed by atoms with Gasteiger partial charge in [0.2, 0.25) is 0 Å². The van der Waals surface area contributed by atoms with E-state index in [4.69, 9.17) is 16.3 Å². The summed E-state index contributed by atoms with van der Waals surface area (Å²) in [6, 6.07) is 4.39. The third kappa shape index (κ3) is 5.05. The molecule has 4 nitrogen and oxygen atoms in total. The van der Waals surface area contributed by atoms with E-state index in [2.05, 4.69) is 6.92 Å². The Morgan fingerprint density at radius 1 is 1.29 bits per heavy atom. The van der Waals surface area contributed by atoms with Crippen LogP contribution in [-0.4, -0.2) is 22.6 Å². The summed E-state index contributed by atoms with van der Waals surface area (Å²) in [5.41, 5.74) is -0.864. The van der Waals surface area contributed by atoms with Crippen molar-refractivity contribution in [3.8, 4) is 0 Å². The molecule has 1 N–H and O–H groups in total. The first-order chi connectivity index (χ1) is 9.78. The summed E-state index contributed by atoms with van der Waals surface area (Å²) < 4.78 is 5.46. The monoisotopic (exact) mass is 312 g/mol. The van der Waals surface area contributed by atoms with Crippen LogP contribution in [0.4, 0.5) is 0 Å². The lowest BCUT2D eigenvalue weighted by molar-refractivity contribution is -0.00574. The van der Waals surface area contributed by atoms with E-state index >= 15 is 0 Å². The molecule has 1 aromatic rings. The van der Waals surface area contributed by atoms with Gasteiger partial charge in [-0.05, 0) is 38.8 Å². The van der Waals surface area contributed by atoms with Gasteiger partial charge in [0.15, 0.2) is 0 Å². The maximum Gasteiger partial charge on any atom is 0.339 e. The Kier molecular flexibility index (Phi) is 6.21. The van der Waals surface area contributed by atoms with E-state index in [9.17, 15) is 14.7 Å². The number of rotatable bonds is 7. The molecule has 0 saturated carbocycles. The largest absolute Gasteiger partial charge is 0.478 e. The Bertz CT molecular complexity index is 523. The Balaban J connectivity index is 2.90. The summed E-state index contributed by atoms with van der Waals surface area (Å²) in [6.07, 6.45) is 3.84. The van der Waals surface area contributed by atoms with Gasteiger partial charge in [-0.1, -0.05) is 37.4 Å². The number of carboxylic acids is 1. The number of ether oxygens (including phenoxy) is 1. The van der Waals surface area contributed by atoms with Gasteiger partial charge in [0.25, 0.3) is 0 Å². The zero-order valence-electron chi connectivity index (χ0n) is 12.6. The number of unbranched alkanes of at least 4 members (excludes halogenated alkanes) is 2. The lowest BCUT2D eigenvalue weighted by atomic mass is 10.00. The van der Waals surface area contributed by atoms with E-state index in [1.165, 1.54) is 18.2 Å². The molecule has 5 heteroatoms. The van der Waals surface area contributed by atoms with Crippen LogP contribution in [0.2, 0.25) is 5.02 Å². The SMILES string of the molecule is CCCCCC(C)(C)OC(=O)c1cccc(Cl)c1C(=O)O. The fraction of sp³-hybridized carbons (Fsp3) is 0.500. The van der Waals surface area contributed by atoms with Crippen LogP contribution in [0.15, 0.2) is 18.2 Å². The quantitative estimate of drug-likeness (QED) is 0.592. The van der Waals surface area contributed by atoms with Gasteiger partial charge in [0.1, 0.15) is 5.60 Å². The molecule has 1 aromatic carbocycles. The van der Waals surface area contributed by atoms with E-state index < -0.39 is 17.5 Å². The number of esters is 1. The van der Waals surface area contributed by atoms with E-state index in [-0.39, 0.29) is 16.1 Å². The third-order valence-electron chi connectivity index (χ3n) is 3.20. The number of hydrogen-bond donors (Lipinski definition) is 1. The van der Waals surface area contributed by atoms with Gasteiger partial charge in [-0.15, -0.1) is 0 Å². The van der Waals surface area contributed by atoms with Crippen molar-refractivity contribution in [2.24, 2.45) is 0 Å². The van der Waals surface area contributed by atoms with Crippen LogP contribution in [-0.2, 0) is 4.74 Å². The molecule has 0 radical (unpaired) electrons. The van der Waals surface area contributed by atoms with Crippen molar-refractivity contribution in [2.45, 2.75) is 52.1 Å². The Hall–Kier alpha value is -1.55. The van der Waals surface area contributed by atoms with Gasteiger partial charge in [0.05, 0.1) is 16.1 Å². The molecule has 0 atom stereocenters. The van der Waals surface area contributed by atoms with Crippen LogP contribution < -0.4 is 0 Å². The number of hydrogen-bond acceptors (Lipinski definition) is 3. The molecule has 0 bridgehead atoms.